The van der Waals surface area contributed by atoms with Gasteiger partial charge in [0.25, 0.3) is 5.89 Å². The molecule has 0 aliphatic carbocycles. The van der Waals surface area contributed by atoms with Crippen molar-refractivity contribution in [3.63, 3.8) is 0 Å². The van der Waals surface area contributed by atoms with Gasteiger partial charge in [0.15, 0.2) is 0 Å². The standard InChI is InChI=1S/C24H18ClFN4O2S/c1-14-20(23-28-22(29-32-23)16-4-2-5-18(26)12-16)21(15-7-9-17(25)10-8-15)27-24(31)30(14)13-19-6-3-11-33-19/h2-12,21H,13H2,1H3,(H,27,31). The van der Waals surface area contributed by atoms with Crippen LogP contribution in [0.3, 0.4) is 0 Å². The molecule has 6 nitrogen and oxygen atoms in total. The highest BCUT2D eigenvalue weighted by molar-refractivity contribution is 7.09. The van der Waals surface area contributed by atoms with Crippen molar-refractivity contribution in [3.05, 3.63) is 98.9 Å². The van der Waals surface area contributed by atoms with E-state index in [1.165, 1.54) is 12.1 Å². The zero-order valence-electron chi connectivity index (χ0n) is 17.5. The lowest BCUT2D eigenvalue weighted by atomic mass is 9.94. The number of amides is 2. The van der Waals surface area contributed by atoms with Crippen LogP contribution in [0.1, 0.15) is 29.3 Å². The quantitative estimate of drug-likeness (QED) is 0.364. The zero-order chi connectivity index (χ0) is 22.9. The van der Waals surface area contributed by atoms with Gasteiger partial charge in [0, 0.05) is 21.2 Å². The highest BCUT2D eigenvalue weighted by Crippen LogP contribution is 2.38. The van der Waals surface area contributed by atoms with Gasteiger partial charge in [0.2, 0.25) is 5.82 Å². The Morgan fingerprint density at radius 3 is 2.73 bits per heavy atom. The van der Waals surface area contributed by atoms with Gasteiger partial charge in [-0.1, -0.05) is 47.1 Å². The van der Waals surface area contributed by atoms with Gasteiger partial charge in [-0.3, -0.25) is 4.90 Å². The number of nitrogens with zero attached hydrogens (tertiary/aromatic N) is 3. The van der Waals surface area contributed by atoms with E-state index in [9.17, 15) is 9.18 Å². The van der Waals surface area contributed by atoms with E-state index >= 15 is 0 Å². The molecule has 1 atom stereocenters. The molecule has 2 amide bonds. The summed E-state index contributed by atoms with van der Waals surface area (Å²) >= 11 is 7.64. The fourth-order valence-corrected chi connectivity index (χ4v) is 4.61. The van der Waals surface area contributed by atoms with Crippen LogP contribution in [0.4, 0.5) is 9.18 Å². The predicted octanol–water partition coefficient (Wildman–Crippen LogP) is 6.29. The first-order valence-corrected chi connectivity index (χ1v) is 11.4. The summed E-state index contributed by atoms with van der Waals surface area (Å²) in [7, 11) is 0. The number of urea groups is 1. The second kappa shape index (κ2) is 8.80. The van der Waals surface area contributed by atoms with Gasteiger partial charge in [-0.15, -0.1) is 11.3 Å². The highest BCUT2D eigenvalue weighted by atomic mass is 35.5. The lowest BCUT2D eigenvalue weighted by Gasteiger charge is -2.35. The van der Waals surface area contributed by atoms with Crippen LogP contribution in [0.15, 0.2) is 76.3 Å². The fraction of sp³-hybridized carbons (Fsp3) is 0.125. The number of hydrogen-bond donors (Lipinski definition) is 1. The van der Waals surface area contributed by atoms with E-state index in [1.54, 1.807) is 40.5 Å². The molecule has 4 aromatic rings. The minimum Gasteiger partial charge on any atom is -0.334 e. The summed E-state index contributed by atoms with van der Waals surface area (Å²) in [6.45, 7) is 2.27. The summed E-state index contributed by atoms with van der Waals surface area (Å²) in [6, 6.07) is 16.4. The summed E-state index contributed by atoms with van der Waals surface area (Å²) in [5.41, 5.74) is 2.69. The van der Waals surface area contributed by atoms with Crippen LogP contribution in [0.5, 0.6) is 0 Å². The normalized spacial score (nSPS) is 16.3. The Morgan fingerprint density at radius 1 is 1.18 bits per heavy atom. The Labute approximate surface area is 198 Å². The van der Waals surface area contributed by atoms with Crippen LogP contribution < -0.4 is 5.32 Å². The van der Waals surface area contributed by atoms with Crippen LogP contribution >= 0.6 is 22.9 Å². The van der Waals surface area contributed by atoms with Crippen LogP contribution in [0, 0.1) is 5.82 Å². The molecule has 0 bridgehead atoms. The topological polar surface area (TPSA) is 71.3 Å². The first kappa shape index (κ1) is 21.4. The Kier molecular flexibility index (Phi) is 5.70. The number of benzene rings is 2. The Hall–Kier alpha value is -3.49. The third-order valence-electron chi connectivity index (χ3n) is 5.43. The van der Waals surface area contributed by atoms with E-state index in [1.807, 2.05) is 36.6 Å². The van der Waals surface area contributed by atoms with E-state index in [4.69, 9.17) is 16.1 Å². The molecule has 1 aliphatic heterocycles. The molecule has 0 spiro atoms. The van der Waals surface area contributed by atoms with Crippen molar-refractivity contribution in [1.29, 1.82) is 0 Å². The van der Waals surface area contributed by atoms with E-state index in [0.29, 0.717) is 28.4 Å². The summed E-state index contributed by atoms with van der Waals surface area (Å²) in [6.07, 6.45) is 0. The Morgan fingerprint density at radius 2 is 2.00 bits per heavy atom. The molecule has 1 aliphatic rings. The molecule has 2 aromatic heterocycles. The second-order valence-electron chi connectivity index (χ2n) is 7.53. The van der Waals surface area contributed by atoms with Crippen molar-refractivity contribution in [2.45, 2.75) is 19.5 Å². The van der Waals surface area contributed by atoms with Crippen molar-refractivity contribution < 1.29 is 13.7 Å². The van der Waals surface area contributed by atoms with E-state index in [0.717, 1.165) is 10.4 Å². The molecular weight excluding hydrogens is 463 g/mol. The van der Waals surface area contributed by atoms with Crippen LogP contribution in [-0.2, 0) is 6.54 Å². The van der Waals surface area contributed by atoms with Crippen molar-refractivity contribution >= 4 is 34.5 Å². The molecule has 0 saturated heterocycles. The largest absolute Gasteiger partial charge is 0.334 e. The highest BCUT2D eigenvalue weighted by Gasteiger charge is 2.36. The van der Waals surface area contributed by atoms with E-state index in [-0.39, 0.29) is 23.6 Å². The molecule has 1 N–H and O–H groups in total. The lowest BCUT2D eigenvalue weighted by molar-refractivity contribution is 0.203. The monoisotopic (exact) mass is 480 g/mol. The van der Waals surface area contributed by atoms with Crippen LogP contribution in [-0.4, -0.2) is 21.1 Å². The average Bonchev–Trinajstić information content (AvgIpc) is 3.49. The molecule has 2 aromatic carbocycles. The molecule has 1 unspecified atom stereocenters. The molecular formula is C24H18ClFN4O2S. The van der Waals surface area contributed by atoms with Gasteiger partial charge in [0.1, 0.15) is 5.82 Å². The lowest BCUT2D eigenvalue weighted by Crippen LogP contribution is -2.45. The third kappa shape index (κ3) is 4.27. The fourth-order valence-electron chi connectivity index (χ4n) is 3.79. The smallest absolute Gasteiger partial charge is 0.322 e. The number of allylic oxidation sites excluding steroid dienone is 1. The SMILES string of the molecule is CC1=C(c2nc(-c3cccc(F)c3)no2)C(c2ccc(Cl)cc2)NC(=O)N1Cc1cccs1. The summed E-state index contributed by atoms with van der Waals surface area (Å²) < 4.78 is 19.3. The summed E-state index contributed by atoms with van der Waals surface area (Å²) in [5, 5.41) is 9.68. The van der Waals surface area contributed by atoms with Crippen molar-refractivity contribution in [3.8, 4) is 11.4 Å². The van der Waals surface area contributed by atoms with Gasteiger partial charge in [-0.05, 0) is 48.2 Å². The van der Waals surface area contributed by atoms with Crippen LogP contribution in [0.25, 0.3) is 17.0 Å². The molecule has 0 saturated carbocycles. The number of halogens is 2. The number of thiophene rings is 1. The number of rotatable bonds is 5. The van der Waals surface area contributed by atoms with Crippen molar-refractivity contribution in [2.24, 2.45) is 0 Å². The maximum absolute atomic E-state index is 13.7. The first-order chi connectivity index (χ1) is 16.0. The van der Waals surface area contributed by atoms with E-state index in [2.05, 4.69) is 15.5 Å². The maximum Gasteiger partial charge on any atom is 0.322 e. The molecule has 166 valence electrons. The van der Waals surface area contributed by atoms with Gasteiger partial charge < -0.3 is 9.84 Å². The molecule has 33 heavy (non-hydrogen) atoms. The Bertz CT molecular complexity index is 1330. The average molecular weight is 481 g/mol. The molecule has 3 heterocycles. The van der Waals surface area contributed by atoms with E-state index < -0.39 is 6.04 Å². The van der Waals surface area contributed by atoms with Gasteiger partial charge >= 0.3 is 6.03 Å². The van der Waals surface area contributed by atoms with Crippen molar-refractivity contribution in [1.82, 2.24) is 20.4 Å². The summed E-state index contributed by atoms with van der Waals surface area (Å²) in [4.78, 5) is 20.3. The number of nitrogens with one attached hydrogen (secondary N) is 1. The predicted molar refractivity (Wildman–Crippen MR) is 125 cm³/mol. The zero-order valence-corrected chi connectivity index (χ0v) is 19.0. The second-order valence-corrected chi connectivity index (χ2v) is 9.00. The van der Waals surface area contributed by atoms with Gasteiger partial charge in [0.05, 0.1) is 18.2 Å². The Balaban J connectivity index is 1.60. The number of aromatic nitrogens is 2. The molecule has 9 heteroatoms. The van der Waals surface area contributed by atoms with Crippen LogP contribution in [0.2, 0.25) is 5.02 Å². The van der Waals surface area contributed by atoms with Crippen molar-refractivity contribution in [2.75, 3.05) is 0 Å². The maximum atomic E-state index is 13.7. The third-order valence-corrected chi connectivity index (χ3v) is 6.55. The number of carbonyl (C=O) groups excluding carboxylic acids is 1. The van der Waals surface area contributed by atoms with Gasteiger partial charge in [-0.2, -0.15) is 4.98 Å². The number of hydrogen-bond acceptors (Lipinski definition) is 5. The minimum atomic E-state index is -0.518. The molecule has 0 fully saturated rings. The number of carbonyl (C=O) groups is 1. The van der Waals surface area contributed by atoms with Gasteiger partial charge in [-0.25, -0.2) is 9.18 Å². The minimum absolute atomic E-state index is 0.227. The summed E-state index contributed by atoms with van der Waals surface area (Å²) in [5.74, 6) is 0.129. The molecule has 5 rings (SSSR count). The molecule has 0 radical (unpaired) electrons. The first-order valence-electron chi connectivity index (χ1n) is 10.2.